The summed E-state index contributed by atoms with van der Waals surface area (Å²) in [5.74, 6) is 0. The van der Waals surface area contributed by atoms with Crippen molar-refractivity contribution in [3.8, 4) is 0 Å². The van der Waals surface area contributed by atoms with Crippen LogP contribution in [-0.4, -0.2) is 9.78 Å². The number of nitrogens with zero attached hydrogens (tertiary/aromatic N) is 2. The van der Waals surface area contributed by atoms with Crippen molar-refractivity contribution >= 4 is 12.6 Å². The van der Waals surface area contributed by atoms with Crippen LogP contribution in [0.1, 0.15) is 0 Å². The Labute approximate surface area is 51.7 Å². The molecule has 0 radical (unpaired) electrons. The van der Waals surface area contributed by atoms with Crippen LogP contribution >= 0.6 is 12.6 Å². The largest absolute Gasteiger partial charge is 0.241 e. The molecule has 44 valence electrons. The van der Waals surface area contributed by atoms with E-state index in [1.54, 1.807) is 6.07 Å². The zero-order chi connectivity index (χ0) is 5.98. The number of thiol groups is 1. The van der Waals surface area contributed by atoms with Crippen molar-refractivity contribution in [2.75, 3.05) is 0 Å². The lowest BCUT2D eigenvalue weighted by Gasteiger charge is -1.85. The summed E-state index contributed by atoms with van der Waals surface area (Å²) in [4.78, 5) is 0. The molecule has 2 nitrogen and oxygen atoms in total. The van der Waals surface area contributed by atoms with Crippen molar-refractivity contribution in [1.82, 2.24) is 9.78 Å². The van der Waals surface area contributed by atoms with Crippen molar-refractivity contribution in [2.45, 2.75) is 11.8 Å². The Balaban J connectivity index is 2.84. The molecule has 1 aromatic heterocycles. The van der Waals surface area contributed by atoms with E-state index in [4.69, 9.17) is 0 Å². The SMILES string of the molecule is FCn1ccc(S)n1. The number of aromatic nitrogens is 2. The fraction of sp³-hybridized carbons (Fsp3) is 0.250. The summed E-state index contributed by atoms with van der Waals surface area (Å²) < 4.78 is 12.8. The number of rotatable bonds is 1. The molecule has 1 heterocycles. The van der Waals surface area contributed by atoms with Gasteiger partial charge in [-0.1, -0.05) is 0 Å². The number of hydrogen-bond donors (Lipinski definition) is 1. The molecule has 1 aromatic rings. The monoisotopic (exact) mass is 132 g/mol. The van der Waals surface area contributed by atoms with Gasteiger partial charge in [0.2, 0.25) is 0 Å². The fourth-order valence-corrected chi connectivity index (χ4v) is 0.599. The van der Waals surface area contributed by atoms with Crippen molar-refractivity contribution < 1.29 is 4.39 Å². The molecule has 0 aliphatic rings. The van der Waals surface area contributed by atoms with Crippen LogP contribution in [0.15, 0.2) is 17.3 Å². The zero-order valence-corrected chi connectivity index (χ0v) is 4.98. The number of alkyl halides is 1. The first-order valence-electron chi connectivity index (χ1n) is 2.11. The Kier molecular flexibility index (Phi) is 1.53. The van der Waals surface area contributed by atoms with E-state index >= 15 is 0 Å². The van der Waals surface area contributed by atoms with E-state index in [0.29, 0.717) is 5.03 Å². The molecule has 0 bridgehead atoms. The standard InChI is InChI=1S/C4H5FN2S/c5-3-7-2-1-4(8)6-7/h1-2H,3H2,(H,6,8). The van der Waals surface area contributed by atoms with Crippen molar-refractivity contribution in [3.63, 3.8) is 0 Å². The second-order valence-corrected chi connectivity index (χ2v) is 1.79. The van der Waals surface area contributed by atoms with E-state index in [0.717, 1.165) is 0 Å². The van der Waals surface area contributed by atoms with E-state index in [2.05, 4.69) is 17.7 Å². The molecule has 0 aliphatic heterocycles. The van der Waals surface area contributed by atoms with Gasteiger partial charge in [-0.2, -0.15) is 5.10 Å². The van der Waals surface area contributed by atoms with Crippen LogP contribution in [-0.2, 0) is 6.80 Å². The Morgan fingerprint density at radius 2 is 2.62 bits per heavy atom. The first-order valence-corrected chi connectivity index (χ1v) is 2.56. The number of halogens is 1. The van der Waals surface area contributed by atoms with Gasteiger partial charge in [0.1, 0.15) is 5.03 Å². The average molecular weight is 132 g/mol. The van der Waals surface area contributed by atoms with Crippen molar-refractivity contribution in [3.05, 3.63) is 12.3 Å². The van der Waals surface area contributed by atoms with Crippen molar-refractivity contribution in [2.24, 2.45) is 0 Å². The van der Waals surface area contributed by atoms with Crippen LogP contribution in [0.5, 0.6) is 0 Å². The van der Waals surface area contributed by atoms with Gasteiger partial charge in [0.05, 0.1) is 0 Å². The topological polar surface area (TPSA) is 17.8 Å². The third kappa shape index (κ3) is 1.01. The van der Waals surface area contributed by atoms with Gasteiger partial charge in [0.25, 0.3) is 0 Å². The molecule has 8 heavy (non-hydrogen) atoms. The van der Waals surface area contributed by atoms with Crippen LogP contribution in [0.4, 0.5) is 4.39 Å². The number of hydrogen-bond acceptors (Lipinski definition) is 2. The van der Waals surface area contributed by atoms with Crippen LogP contribution in [0.2, 0.25) is 0 Å². The molecule has 0 aromatic carbocycles. The maximum absolute atomic E-state index is 11.6. The Morgan fingerprint density at radius 3 is 2.88 bits per heavy atom. The minimum absolute atomic E-state index is 0.544. The highest BCUT2D eigenvalue weighted by Gasteiger charge is 1.88. The normalized spacial score (nSPS) is 9.75. The molecular weight excluding hydrogens is 127 g/mol. The first kappa shape index (κ1) is 5.62. The Bertz CT molecular complexity index is 174. The lowest BCUT2D eigenvalue weighted by molar-refractivity contribution is 0.346. The van der Waals surface area contributed by atoms with E-state index in [9.17, 15) is 4.39 Å². The maximum atomic E-state index is 11.6. The van der Waals surface area contributed by atoms with E-state index in [-0.39, 0.29) is 0 Å². The van der Waals surface area contributed by atoms with Crippen LogP contribution in [0.25, 0.3) is 0 Å². The summed E-state index contributed by atoms with van der Waals surface area (Å²) in [5, 5.41) is 4.18. The lowest BCUT2D eigenvalue weighted by atomic mass is 10.7. The van der Waals surface area contributed by atoms with E-state index < -0.39 is 6.80 Å². The highest BCUT2D eigenvalue weighted by molar-refractivity contribution is 7.80. The van der Waals surface area contributed by atoms with Gasteiger partial charge in [-0.3, -0.25) is 0 Å². The zero-order valence-electron chi connectivity index (χ0n) is 4.08. The Hall–Kier alpha value is -0.510. The van der Waals surface area contributed by atoms with Gasteiger partial charge in [0, 0.05) is 6.20 Å². The first-order chi connectivity index (χ1) is 3.83. The van der Waals surface area contributed by atoms with E-state index in [1.165, 1.54) is 10.9 Å². The summed E-state index contributed by atoms with van der Waals surface area (Å²) in [6.45, 7) is -0.583. The summed E-state index contributed by atoms with van der Waals surface area (Å²) in [7, 11) is 0. The maximum Gasteiger partial charge on any atom is 0.181 e. The average Bonchev–Trinajstić information content (AvgIpc) is 2.14. The molecule has 0 spiro atoms. The van der Waals surface area contributed by atoms with Crippen LogP contribution in [0.3, 0.4) is 0 Å². The molecule has 0 saturated heterocycles. The highest BCUT2D eigenvalue weighted by Crippen LogP contribution is 1.98. The Morgan fingerprint density at radius 1 is 1.88 bits per heavy atom. The predicted molar refractivity (Wildman–Crippen MR) is 30.6 cm³/mol. The molecule has 0 N–H and O–H groups in total. The van der Waals surface area contributed by atoms with E-state index in [1.807, 2.05) is 0 Å². The molecule has 0 fully saturated rings. The summed E-state index contributed by atoms with van der Waals surface area (Å²) in [5.41, 5.74) is 0. The smallest absolute Gasteiger partial charge is 0.181 e. The second-order valence-electron chi connectivity index (χ2n) is 1.33. The molecule has 0 atom stereocenters. The quantitative estimate of drug-likeness (QED) is 0.566. The van der Waals surface area contributed by atoms with Gasteiger partial charge in [-0.25, -0.2) is 9.07 Å². The van der Waals surface area contributed by atoms with Crippen LogP contribution in [0, 0.1) is 0 Å². The third-order valence-corrected chi connectivity index (χ3v) is 0.988. The third-order valence-electron chi connectivity index (χ3n) is 0.749. The minimum Gasteiger partial charge on any atom is -0.241 e. The van der Waals surface area contributed by atoms with Crippen LogP contribution < -0.4 is 0 Å². The lowest BCUT2D eigenvalue weighted by Crippen LogP contribution is -1.91. The summed E-state index contributed by atoms with van der Waals surface area (Å²) >= 11 is 3.86. The molecule has 0 unspecified atom stereocenters. The van der Waals surface area contributed by atoms with Gasteiger partial charge >= 0.3 is 0 Å². The fourth-order valence-electron chi connectivity index (χ4n) is 0.418. The molecular formula is C4H5FN2S. The van der Waals surface area contributed by atoms with Gasteiger partial charge < -0.3 is 0 Å². The molecule has 0 amide bonds. The van der Waals surface area contributed by atoms with Crippen molar-refractivity contribution in [1.29, 1.82) is 0 Å². The summed E-state index contributed by atoms with van der Waals surface area (Å²) in [6, 6.07) is 1.63. The molecule has 1 rings (SSSR count). The molecule has 0 aliphatic carbocycles. The summed E-state index contributed by atoms with van der Waals surface area (Å²) in [6.07, 6.45) is 1.53. The minimum atomic E-state index is -0.583. The second kappa shape index (κ2) is 2.17. The van der Waals surface area contributed by atoms with Gasteiger partial charge in [-0.15, -0.1) is 12.6 Å². The highest BCUT2D eigenvalue weighted by atomic mass is 32.1. The molecule has 0 saturated carbocycles. The predicted octanol–water partition coefficient (Wildman–Crippen LogP) is 1.10. The van der Waals surface area contributed by atoms with Gasteiger partial charge in [0.15, 0.2) is 6.80 Å². The van der Waals surface area contributed by atoms with Gasteiger partial charge in [-0.05, 0) is 6.07 Å². The molecule has 4 heteroatoms.